The molecule has 1 aromatic heterocycles. The van der Waals surface area contributed by atoms with Gasteiger partial charge < -0.3 is 43.8 Å². The van der Waals surface area contributed by atoms with Gasteiger partial charge in [-0.2, -0.15) is 0 Å². The zero-order valence-electron chi connectivity index (χ0n) is 27.0. The lowest BCUT2D eigenvalue weighted by molar-refractivity contribution is -0.100. The van der Waals surface area contributed by atoms with Crippen molar-refractivity contribution >= 4 is 28.7 Å². The zero-order chi connectivity index (χ0) is 34.0. The summed E-state index contributed by atoms with van der Waals surface area (Å²) >= 11 is 0. The lowest BCUT2D eigenvalue weighted by Gasteiger charge is -2.39. The fraction of sp³-hybridized carbons (Fsp3) is 0.343. The summed E-state index contributed by atoms with van der Waals surface area (Å²) in [5.41, 5.74) is 0.812. The number of hydrogen-bond donors (Lipinski definition) is 3. The summed E-state index contributed by atoms with van der Waals surface area (Å²) in [6, 6.07) is 17.0. The second-order valence-electron chi connectivity index (χ2n) is 12.3. The van der Waals surface area contributed by atoms with Crippen LogP contribution in [0.3, 0.4) is 0 Å². The first-order valence-corrected chi connectivity index (χ1v) is 15.0. The summed E-state index contributed by atoms with van der Waals surface area (Å²) in [5, 5.41) is 24.2. The molecule has 5 rings (SSSR count). The Morgan fingerprint density at radius 3 is 2.40 bits per heavy atom. The van der Waals surface area contributed by atoms with E-state index >= 15 is 0 Å². The van der Waals surface area contributed by atoms with Crippen molar-refractivity contribution in [1.82, 2.24) is 4.90 Å². The topological polar surface area (TPSA) is 157 Å². The number of carbonyl (C=O) groups is 2. The number of methoxy groups -OCH3 is 2. The number of nitrogens with zero attached hydrogens (tertiary/aromatic N) is 1. The number of β-amino-alcohol motifs (C(OH)–C–C–N with tert-alkyl or cyclic N) is 1. The molecule has 3 N–H and O–H groups in total. The molecule has 1 fully saturated rings. The van der Waals surface area contributed by atoms with Crippen molar-refractivity contribution in [3.8, 4) is 28.4 Å². The fourth-order valence-electron chi connectivity index (χ4n) is 5.31. The molecule has 0 spiro atoms. The molecule has 0 saturated carbocycles. The van der Waals surface area contributed by atoms with E-state index < -0.39 is 41.5 Å². The summed E-state index contributed by atoms with van der Waals surface area (Å²) in [4.78, 5) is 40.3. The molecule has 2 amide bonds. The molecule has 12 heteroatoms. The van der Waals surface area contributed by atoms with Crippen molar-refractivity contribution < 1.29 is 43.2 Å². The number of benzene rings is 3. The van der Waals surface area contributed by atoms with Gasteiger partial charge in [-0.25, -0.2) is 9.59 Å². The van der Waals surface area contributed by atoms with Gasteiger partial charge in [0.05, 0.1) is 27.3 Å². The van der Waals surface area contributed by atoms with Gasteiger partial charge in [0.1, 0.15) is 52.4 Å². The number of piperidine rings is 1. The molecular formula is C35H38N2O10. The number of aliphatic hydroxyl groups excluding tert-OH is 2. The van der Waals surface area contributed by atoms with E-state index in [0.29, 0.717) is 28.0 Å². The second kappa shape index (κ2) is 13.3. The monoisotopic (exact) mass is 646 g/mol. The zero-order valence-corrected chi connectivity index (χ0v) is 27.0. The Balaban J connectivity index is 1.37. The fourth-order valence-corrected chi connectivity index (χ4v) is 5.31. The van der Waals surface area contributed by atoms with Crippen LogP contribution >= 0.6 is 0 Å². The molecule has 0 aliphatic carbocycles. The Morgan fingerprint density at radius 2 is 1.70 bits per heavy atom. The largest absolute Gasteiger partial charge is 0.497 e. The Morgan fingerprint density at radius 1 is 0.957 bits per heavy atom. The van der Waals surface area contributed by atoms with Crippen molar-refractivity contribution in [1.29, 1.82) is 0 Å². The highest BCUT2D eigenvalue weighted by molar-refractivity contribution is 6.05. The van der Waals surface area contributed by atoms with E-state index in [1.165, 1.54) is 18.1 Å². The van der Waals surface area contributed by atoms with E-state index in [0.717, 1.165) is 5.56 Å². The van der Waals surface area contributed by atoms with Gasteiger partial charge in [-0.05, 0) is 81.8 Å². The highest BCUT2D eigenvalue weighted by Gasteiger charge is 2.40. The molecule has 1 saturated heterocycles. The molecule has 12 nitrogen and oxygen atoms in total. The number of hydrogen-bond acceptors (Lipinski definition) is 10. The predicted molar refractivity (Wildman–Crippen MR) is 174 cm³/mol. The third kappa shape index (κ3) is 7.34. The summed E-state index contributed by atoms with van der Waals surface area (Å²) in [6.45, 7) is 6.72. The molecule has 0 bridgehead atoms. The first-order valence-electron chi connectivity index (χ1n) is 15.0. The van der Waals surface area contributed by atoms with Crippen LogP contribution in [0.2, 0.25) is 0 Å². The van der Waals surface area contributed by atoms with E-state index in [2.05, 4.69) is 5.32 Å². The van der Waals surface area contributed by atoms with Gasteiger partial charge in [-0.15, -0.1) is 0 Å². The predicted octanol–water partition coefficient (Wildman–Crippen LogP) is 4.76. The van der Waals surface area contributed by atoms with Crippen molar-refractivity contribution in [2.75, 3.05) is 32.6 Å². The third-order valence-electron chi connectivity index (χ3n) is 7.70. The molecule has 1 aliphatic heterocycles. The normalized spacial score (nSPS) is 18.0. The van der Waals surface area contributed by atoms with Gasteiger partial charge in [-0.3, -0.25) is 4.79 Å². The number of nitrogens with one attached hydrogen (secondary N) is 1. The van der Waals surface area contributed by atoms with Crippen LogP contribution in [-0.4, -0.2) is 78.3 Å². The SMILES string of the molecule is COc1cccc(-c2cc(C(=O)Nc3cc4ccc(O[C@@H]5CN(C(=O)OC(C)(C)C)C[C@@H](O)[C@H]5O)c(C)c4oc3=O)ccc2OC)c1. The average Bonchev–Trinajstić information content (AvgIpc) is 3.04. The minimum Gasteiger partial charge on any atom is -0.497 e. The van der Waals surface area contributed by atoms with Crippen LogP contribution < -0.4 is 25.2 Å². The number of amides is 2. The number of carbonyl (C=O) groups excluding carboxylic acids is 2. The molecule has 248 valence electrons. The van der Waals surface area contributed by atoms with Crippen LogP contribution in [0, 0.1) is 6.92 Å². The van der Waals surface area contributed by atoms with Crippen LogP contribution in [0.15, 0.2) is 69.9 Å². The summed E-state index contributed by atoms with van der Waals surface area (Å²) in [6.07, 6.45) is -4.17. The van der Waals surface area contributed by atoms with Crippen LogP contribution in [0.4, 0.5) is 10.5 Å². The second-order valence-corrected chi connectivity index (χ2v) is 12.3. The number of anilines is 1. The van der Waals surface area contributed by atoms with Gasteiger partial charge in [0.25, 0.3) is 5.91 Å². The van der Waals surface area contributed by atoms with E-state index in [9.17, 15) is 24.6 Å². The van der Waals surface area contributed by atoms with Gasteiger partial charge in [0, 0.05) is 22.1 Å². The molecule has 2 heterocycles. The highest BCUT2D eigenvalue weighted by atomic mass is 16.6. The van der Waals surface area contributed by atoms with Gasteiger partial charge in [0.15, 0.2) is 0 Å². The van der Waals surface area contributed by atoms with Crippen molar-refractivity contribution in [2.24, 2.45) is 0 Å². The molecule has 0 unspecified atom stereocenters. The maximum Gasteiger partial charge on any atom is 0.410 e. The molecule has 1 aliphatic rings. The van der Waals surface area contributed by atoms with Crippen LogP contribution in [-0.2, 0) is 4.74 Å². The van der Waals surface area contributed by atoms with Crippen molar-refractivity contribution in [2.45, 2.75) is 51.6 Å². The van der Waals surface area contributed by atoms with Gasteiger partial charge in [0.2, 0.25) is 0 Å². The Labute approximate surface area is 271 Å². The van der Waals surface area contributed by atoms with Gasteiger partial charge in [-0.1, -0.05) is 12.1 Å². The molecule has 3 atom stereocenters. The number of aliphatic hydroxyl groups is 2. The molecule has 0 radical (unpaired) electrons. The molecule has 4 aromatic rings. The Bertz CT molecular complexity index is 1860. The number of likely N-dealkylation sites (tertiary alicyclic amines) is 1. The number of aryl methyl sites for hydroxylation is 1. The van der Waals surface area contributed by atoms with Gasteiger partial charge >= 0.3 is 11.7 Å². The third-order valence-corrected chi connectivity index (χ3v) is 7.70. The summed E-state index contributed by atoms with van der Waals surface area (Å²) in [7, 11) is 3.11. The Hall–Kier alpha value is -5.07. The highest BCUT2D eigenvalue weighted by Crippen LogP contribution is 2.34. The maximum absolute atomic E-state index is 13.3. The number of rotatable bonds is 7. The van der Waals surface area contributed by atoms with Crippen molar-refractivity contribution in [3.63, 3.8) is 0 Å². The van der Waals surface area contributed by atoms with E-state index in [1.807, 2.05) is 24.3 Å². The smallest absolute Gasteiger partial charge is 0.410 e. The Kier molecular flexibility index (Phi) is 9.45. The minimum absolute atomic E-state index is 0.0373. The quantitative estimate of drug-likeness (QED) is 0.239. The minimum atomic E-state index is -1.28. The lowest BCUT2D eigenvalue weighted by atomic mass is 10.0. The summed E-state index contributed by atoms with van der Waals surface area (Å²) in [5.74, 6) is 0.955. The van der Waals surface area contributed by atoms with Crippen LogP contribution in [0.25, 0.3) is 22.1 Å². The molecular weight excluding hydrogens is 608 g/mol. The number of fused-ring (bicyclic) bond motifs is 1. The first kappa shape index (κ1) is 33.3. The van der Waals surface area contributed by atoms with Crippen molar-refractivity contribution in [3.05, 3.63) is 82.2 Å². The van der Waals surface area contributed by atoms with E-state index in [-0.39, 0.29) is 35.7 Å². The molecule has 47 heavy (non-hydrogen) atoms. The van der Waals surface area contributed by atoms with Crippen LogP contribution in [0.5, 0.6) is 17.2 Å². The van der Waals surface area contributed by atoms with E-state index in [1.54, 1.807) is 65.1 Å². The summed E-state index contributed by atoms with van der Waals surface area (Å²) < 4.78 is 27.9. The van der Waals surface area contributed by atoms with Crippen LogP contribution in [0.1, 0.15) is 36.7 Å². The number of ether oxygens (including phenoxy) is 4. The standard InChI is InChI=1S/C35H38N2O10/c1-19-27(45-29-18-37(17-26(38)30(29)39)34(42)47-35(2,3)4)12-10-21-16-25(33(41)46-31(19)21)36-32(40)22-11-13-28(44-6)24(15-22)20-8-7-9-23(14-20)43-5/h7-16,26,29-30,38-39H,17-18H2,1-6H3,(H,36,40)/t26-,29-,30-/m1/s1. The lowest BCUT2D eigenvalue weighted by Crippen LogP contribution is -2.59. The average molecular weight is 647 g/mol. The van der Waals surface area contributed by atoms with E-state index in [4.69, 9.17) is 23.4 Å². The molecule has 3 aromatic carbocycles. The maximum atomic E-state index is 13.3. The first-order chi connectivity index (χ1) is 22.3.